The second-order valence-electron chi connectivity index (χ2n) is 6.79. The van der Waals surface area contributed by atoms with Crippen molar-refractivity contribution in [1.82, 2.24) is 14.8 Å². The molecule has 0 spiro atoms. The van der Waals surface area contributed by atoms with Crippen LogP contribution in [0.3, 0.4) is 0 Å². The predicted octanol–water partition coefficient (Wildman–Crippen LogP) is 3.24. The Morgan fingerprint density at radius 1 is 1.07 bits per heavy atom. The van der Waals surface area contributed by atoms with E-state index in [1.165, 1.54) is 11.8 Å². The van der Waals surface area contributed by atoms with Gasteiger partial charge >= 0.3 is 0 Å². The van der Waals surface area contributed by atoms with E-state index in [0.717, 1.165) is 11.3 Å². The zero-order chi connectivity index (χ0) is 21.7. The minimum Gasteiger partial charge on any atom is -0.312 e. The van der Waals surface area contributed by atoms with Crippen LogP contribution >= 0.6 is 11.8 Å². The van der Waals surface area contributed by atoms with E-state index in [2.05, 4.69) is 10.2 Å². The summed E-state index contributed by atoms with van der Waals surface area (Å²) in [6.07, 6.45) is 0. The fourth-order valence-corrected chi connectivity index (χ4v) is 5.03. The molecule has 0 aliphatic rings. The number of thioether (sulfide) groups is 1. The number of para-hydroxylation sites is 1. The number of amides is 1. The lowest BCUT2D eigenvalue weighted by atomic mass is 10.2. The van der Waals surface area contributed by atoms with Gasteiger partial charge in [-0.1, -0.05) is 47.7 Å². The summed E-state index contributed by atoms with van der Waals surface area (Å²) >= 11 is 1.24. The predicted molar refractivity (Wildman–Crippen MR) is 118 cm³/mol. The van der Waals surface area contributed by atoms with E-state index in [9.17, 15) is 13.2 Å². The van der Waals surface area contributed by atoms with Gasteiger partial charge < -0.3 is 9.47 Å². The number of hydrogen-bond acceptors (Lipinski definition) is 6. The second-order valence-corrected chi connectivity index (χ2v) is 9.72. The highest BCUT2D eigenvalue weighted by Crippen LogP contribution is 2.22. The summed E-state index contributed by atoms with van der Waals surface area (Å²) in [6, 6.07) is 16.2. The molecular weight excluding hydrogens is 420 g/mol. The van der Waals surface area contributed by atoms with Gasteiger partial charge in [0.15, 0.2) is 15.0 Å². The van der Waals surface area contributed by atoms with Crippen molar-refractivity contribution in [3.05, 3.63) is 66.0 Å². The summed E-state index contributed by atoms with van der Waals surface area (Å²) in [5.41, 5.74) is 1.83. The number of hydrogen-bond donors (Lipinski definition) is 0. The molecule has 158 valence electrons. The van der Waals surface area contributed by atoms with Crippen molar-refractivity contribution >= 4 is 33.2 Å². The summed E-state index contributed by atoms with van der Waals surface area (Å²) in [6.45, 7) is 4.38. The van der Waals surface area contributed by atoms with Crippen LogP contribution in [-0.2, 0) is 27.4 Å². The Morgan fingerprint density at radius 2 is 1.73 bits per heavy atom. The molecule has 0 bridgehead atoms. The van der Waals surface area contributed by atoms with Gasteiger partial charge in [0.05, 0.1) is 10.6 Å². The Kier molecular flexibility index (Phi) is 6.94. The van der Waals surface area contributed by atoms with Gasteiger partial charge in [0.1, 0.15) is 11.6 Å². The zero-order valence-corrected chi connectivity index (χ0v) is 18.8. The largest absolute Gasteiger partial charge is 0.312 e. The van der Waals surface area contributed by atoms with Gasteiger partial charge in [-0.25, -0.2) is 8.42 Å². The third-order valence-corrected chi connectivity index (χ3v) is 7.27. The van der Waals surface area contributed by atoms with Gasteiger partial charge in [0.2, 0.25) is 5.91 Å². The van der Waals surface area contributed by atoms with Crippen molar-refractivity contribution in [2.45, 2.75) is 29.7 Å². The Bertz CT molecular complexity index is 1110. The van der Waals surface area contributed by atoms with Crippen LogP contribution in [0.5, 0.6) is 0 Å². The molecule has 0 aliphatic carbocycles. The molecule has 0 unspecified atom stereocenters. The summed E-state index contributed by atoms with van der Waals surface area (Å²) in [7, 11) is -1.82. The van der Waals surface area contributed by atoms with Gasteiger partial charge in [-0.2, -0.15) is 0 Å². The van der Waals surface area contributed by atoms with Crippen LogP contribution in [0.1, 0.15) is 18.3 Å². The summed E-state index contributed by atoms with van der Waals surface area (Å²) in [4.78, 5) is 14.6. The zero-order valence-electron chi connectivity index (χ0n) is 17.1. The Morgan fingerprint density at radius 3 is 2.37 bits per heavy atom. The molecule has 1 heterocycles. The summed E-state index contributed by atoms with van der Waals surface area (Å²) in [5.74, 6) is 0.213. The van der Waals surface area contributed by atoms with Gasteiger partial charge in [0, 0.05) is 19.3 Å². The van der Waals surface area contributed by atoms with E-state index in [0.29, 0.717) is 17.5 Å². The number of aromatic nitrogens is 3. The van der Waals surface area contributed by atoms with Crippen molar-refractivity contribution in [3.63, 3.8) is 0 Å². The fourth-order valence-electron chi connectivity index (χ4n) is 2.91. The number of nitrogens with zero attached hydrogens (tertiary/aromatic N) is 4. The molecule has 9 heteroatoms. The standard InChI is InChI=1S/C21H24N4O3S2/c1-4-25(17-8-6-5-7-9-17)20(26)14-29-21-23-22-19(24(21)3)15-30(27,28)18-12-10-16(2)11-13-18/h5-13H,4,14-15H2,1-3H3. The number of carbonyl (C=O) groups is 1. The van der Waals surface area contributed by atoms with Gasteiger partial charge in [0.25, 0.3) is 0 Å². The Labute approximate surface area is 181 Å². The van der Waals surface area contributed by atoms with E-state index in [1.807, 2.05) is 44.2 Å². The van der Waals surface area contributed by atoms with E-state index < -0.39 is 9.84 Å². The first-order valence-corrected chi connectivity index (χ1v) is 12.1. The molecule has 0 saturated carbocycles. The maximum absolute atomic E-state index is 12.7. The molecule has 0 saturated heterocycles. The Balaban J connectivity index is 1.68. The van der Waals surface area contributed by atoms with Gasteiger partial charge in [-0.3, -0.25) is 4.79 Å². The van der Waals surface area contributed by atoms with Crippen molar-refractivity contribution in [2.75, 3.05) is 17.2 Å². The number of sulfone groups is 1. The molecular formula is C21H24N4O3S2. The Hall–Kier alpha value is -2.65. The lowest BCUT2D eigenvalue weighted by Crippen LogP contribution is -2.32. The molecule has 0 fully saturated rings. The third kappa shape index (κ3) is 5.09. The van der Waals surface area contributed by atoms with Crippen LogP contribution < -0.4 is 4.90 Å². The van der Waals surface area contributed by atoms with Crippen LogP contribution in [0.15, 0.2) is 64.6 Å². The number of carbonyl (C=O) groups excluding carboxylic acids is 1. The number of benzene rings is 2. The lowest BCUT2D eigenvalue weighted by Gasteiger charge is -2.20. The van der Waals surface area contributed by atoms with E-state index >= 15 is 0 Å². The first kappa shape index (κ1) is 22.0. The van der Waals surface area contributed by atoms with Crippen LogP contribution in [0, 0.1) is 6.92 Å². The summed E-state index contributed by atoms with van der Waals surface area (Å²) in [5, 5.41) is 8.61. The molecule has 3 aromatic rings. The topological polar surface area (TPSA) is 85.2 Å². The molecule has 0 aliphatic heterocycles. The number of anilines is 1. The highest BCUT2D eigenvalue weighted by atomic mass is 32.2. The monoisotopic (exact) mass is 444 g/mol. The molecule has 1 aromatic heterocycles. The smallest absolute Gasteiger partial charge is 0.237 e. The van der Waals surface area contributed by atoms with Crippen LogP contribution in [-0.4, -0.2) is 41.4 Å². The minimum absolute atomic E-state index is 0.0504. The van der Waals surface area contributed by atoms with E-state index in [4.69, 9.17) is 0 Å². The van der Waals surface area contributed by atoms with Crippen molar-refractivity contribution in [3.8, 4) is 0 Å². The maximum atomic E-state index is 12.7. The van der Waals surface area contributed by atoms with Gasteiger partial charge in [-0.15, -0.1) is 10.2 Å². The summed E-state index contributed by atoms with van der Waals surface area (Å²) < 4.78 is 27.0. The number of rotatable bonds is 8. The van der Waals surface area contributed by atoms with Crippen LogP contribution in [0.25, 0.3) is 0 Å². The maximum Gasteiger partial charge on any atom is 0.237 e. The molecule has 1 amide bonds. The lowest BCUT2D eigenvalue weighted by molar-refractivity contribution is -0.116. The minimum atomic E-state index is -3.53. The van der Waals surface area contributed by atoms with Crippen LogP contribution in [0.4, 0.5) is 5.69 Å². The molecule has 0 radical (unpaired) electrons. The van der Waals surface area contributed by atoms with Crippen molar-refractivity contribution in [2.24, 2.45) is 7.05 Å². The molecule has 3 rings (SSSR count). The van der Waals surface area contributed by atoms with Crippen molar-refractivity contribution in [1.29, 1.82) is 0 Å². The highest BCUT2D eigenvalue weighted by Gasteiger charge is 2.21. The average molecular weight is 445 g/mol. The average Bonchev–Trinajstić information content (AvgIpc) is 3.07. The fraction of sp³-hybridized carbons (Fsp3) is 0.286. The van der Waals surface area contributed by atoms with Gasteiger partial charge in [-0.05, 0) is 38.1 Å². The first-order valence-electron chi connectivity index (χ1n) is 9.47. The molecule has 7 nitrogen and oxygen atoms in total. The SMILES string of the molecule is CCN(C(=O)CSc1nnc(CS(=O)(=O)c2ccc(C)cc2)n1C)c1ccccc1. The quantitative estimate of drug-likeness (QED) is 0.496. The molecule has 0 atom stereocenters. The number of aryl methyl sites for hydroxylation is 1. The normalized spacial score (nSPS) is 11.4. The van der Waals surface area contributed by atoms with Crippen LogP contribution in [0.2, 0.25) is 0 Å². The molecule has 30 heavy (non-hydrogen) atoms. The van der Waals surface area contributed by atoms with Crippen molar-refractivity contribution < 1.29 is 13.2 Å². The third-order valence-electron chi connectivity index (χ3n) is 4.63. The van der Waals surface area contributed by atoms with E-state index in [-0.39, 0.29) is 22.3 Å². The second kappa shape index (κ2) is 9.44. The highest BCUT2D eigenvalue weighted by molar-refractivity contribution is 7.99. The van der Waals surface area contributed by atoms with E-state index in [1.54, 1.807) is 40.8 Å². The first-order chi connectivity index (χ1) is 14.3. The molecule has 2 aromatic carbocycles. The molecule has 0 N–H and O–H groups in total.